The highest BCUT2D eigenvalue weighted by Crippen LogP contribution is 2.15. The summed E-state index contributed by atoms with van der Waals surface area (Å²) in [6.45, 7) is 8.69. The molecule has 0 aromatic carbocycles. The minimum Gasteiger partial charge on any atom is -0.464 e. The molecule has 1 atom stereocenters. The normalized spacial score (nSPS) is 13.4. The molecule has 0 amide bonds. The number of aliphatic imine (C=N–C) groups is 1. The first-order valence-electron chi connectivity index (χ1n) is 7.85. The van der Waals surface area contributed by atoms with Crippen LogP contribution in [0.1, 0.15) is 56.0 Å². The van der Waals surface area contributed by atoms with Gasteiger partial charge in [0.25, 0.3) is 0 Å². The van der Waals surface area contributed by atoms with E-state index in [-0.39, 0.29) is 12.0 Å². The van der Waals surface area contributed by atoms with Crippen molar-refractivity contribution in [2.75, 3.05) is 13.6 Å². The van der Waals surface area contributed by atoms with Crippen LogP contribution in [-0.2, 0) is 6.42 Å². The van der Waals surface area contributed by atoms with Crippen molar-refractivity contribution in [2.24, 2.45) is 4.99 Å². The van der Waals surface area contributed by atoms with Gasteiger partial charge < -0.3 is 19.6 Å². The Hall–Kier alpha value is -2.31. The molecule has 7 heteroatoms. The molecule has 2 rings (SSSR count). The monoisotopic (exact) mass is 319 g/mol. The van der Waals surface area contributed by atoms with Gasteiger partial charge in [-0.2, -0.15) is 4.98 Å². The molecule has 2 heterocycles. The fraction of sp³-hybridized carbons (Fsp3) is 0.562. The number of hydrogen-bond acceptors (Lipinski definition) is 5. The molecule has 23 heavy (non-hydrogen) atoms. The molecule has 2 aromatic heterocycles. The average molecular weight is 319 g/mol. The summed E-state index contributed by atoms with van der Waals surface area (Å²) in [6, 6.07) is 3.95. The molecule has 0 bridgehead atoms. The summed E-state index contributed by atoms with van der Waals surface area (Å²) in [5, 5.41) is 10.5. The van der Waals surface area contributed by atoms with Gasteiger partial charge in [-0.25, -0.2) is 0 Å². The van der Waals surface area contributed by atoms with E-state index in [0.717, 1.165) is 17.3 Å². The molecule has 2 N–H and O–H groups in total. The van der Waals surface area contributed by atoms with Crippen LogP contribution in [0.3, 0.4) is 0 Å². The van der Waals surface area contributed by atoms with Crippen LogP contribution >= 0.6 is 0 Å². The summed E-state index contributed by atoms with van der Waals surface area (Å²) < 4.78 is 10.8. The summed E-state index contributed by atoms with van der Waals surface area (Å²) in [5.41, 5.74) is 0. The van der Waals surface area contributed by atoms with Crippen molar-refractivity contribution in [2.45, 2.75) is 46.1 Å². The van der Waals surface area contributed by atoms with Gasteiger partial charge in [0.1, 0.15) is 11.5 Å². The maximum Gasteiger partial charge on any atom is 0.228 e. The Morgan fingerprint density at radius 2 is 2.09 bits per heavy atom. The van der Waals surface area contributed by atoms with E-state index in [9.17, 15) is 0 Å². The predicted molar refractivity (Wildman–Crippen MR) is 88.4 cm³/mol. The van der Waals surface area contributed by atoms with Gasteiger partial charge in [0, 0.05) is 25.9 Å². The Morgan fingerprint density at radius 3 is 2.65 bits per heavy atom. The third-order valence-electron chi connectivity index (χ3n) is 3.40. The van der Waals surface area contributed by atoms with Crippen molar-refractivity contribution < 1.29 is 8.94 Å². The molecule has 2 aromatic rings. The number of furan rings is 1. The zero-order valence-corrected chi connectivity index (χ0v) is 14.4. The Kier molecular flexibility index (Phi) is 5.78. The predicted octanol–water partition coefficient (Wildman–Crippen LogP) is 2.56. The van der Waals surface area contributed by atoms with Crippen molar-refractivity contribution in [3.8, 4) is 0 Å². The highest BCUT2D eigenvalue weighted by atomic mass is 16.5. The second-order valence-corrected chi connectivity index (χ2v) is 5.76. The molecule has 1 unspecified atom stereocenters. The SMILES string of the molecule is CN=C(NCCc1nc(C(C)C)no1)NC(C)c1ccc(C)o1. The second-order valence-electron chi connectivity index (χ2n) is 5.76. The largest absolute Gasteiger partial charge is 0.464 e. The molecule has 0 aliphatic rings. The van der Waals surface area contributed by atoms with Gasteiger partial charge in [0.05, 0.1) is 6.04 Å². The zero-order chi connectivity index (χ0) is 16.8. The van der Waals surface area contributed by atoms with Gasteiger partial charge in [-0.3, -0.25) is 4.99 Å². The second kappa shape index (κ2) is 7.80. The molecule has 0 aliphatic carbocycles. The first kappa shape index (κ1) is 17.1. The van der Waals surface area contributed by atoms with Crippen molar-refractivity contribution >= 4 is 5.96 Å². The lowest BCUT2D eigenvalue weighted by atomic mass is 10.2. The third-order valence-corrected chi connectivity index (χ3v) is 3.40. The van der Waals surface area contributed by atoms with Crippen LogP contribution in [0, 0.1) is 6.92 Å². The van der Waals surface area contributed by atoms with Crippen LogP contribution in [0.25, 0.3) is 0 Å². The summed E-state index contributed by atoms with van der Waals surface area (Å²) in [6.07, 6.45) is 0.647. The van der Waals surface area contributed by atoms with Gasteiger partial charge >= 0.3 is 0 Å². The van der Waals surface area contributed by atoms with Gasteiger partial charge in [0.2, 0.25) is 5.89 Å². The summed E-state index contributed by atoms with van der Waals surface area (Å²) in [5.74, 6) is 4.12. The number of hydrogen-bond donors (Lipinski definition) is 2. The molecule has 0 radical (unpaired) electrons. The van der Waals surface area contributed by atoms with Gasteiger partial charge in [-0.05, 0) is 26.0 Å². The third kappa shape index (κ3) is 4.84. The van der Waals surface area contributed by atoms with Gasteiger partial charge in [-0.15, -0.1) is 0 Å². The number of guanidine groups is 1. The van der Waals surface area contributed by atoms with E-state index in [1.807, 2.05) is 39.8 Å². The van der Waals surface area contributed by atoms with E-state index in [4.69, 9.17) is 8.94 Å². The smallest absolute Gasteiger partial charge is 0.228 e. The topological polar surface area (TPSA) is 88.5 Å². The molecule has 126 valence electrons. The number of nitrogens with one attached hydrogen (secondary N) is 2. The molecule has 0 saturated heterocycles. The lowest BCUT2D eigenvalue weighted by molar-refractivity contribution is 0.371. The van der Waals surface area contributed by atoms with Crippen LogP contribution in [0.15, 0.2) is 26.1 Å². The Balaban J connectivity index is 1.80. The molecule has 7 nitrogen and oxygen atoms in total. The van der Waals surface area contributed by atoms with Crippen molar-refractivity contribution in [1.29, 1.82) is 0 Å². The number of aromatic nitrogens is 2. The fourth-order valence-corrected chi connectivity index (χ4v) is 2.05. The van der Waals surface area contributed by atoms with E-state index in [1.54, 1.807) is 7.05 Å². The van der Waals surface area contributed by atoms with Gasteiger partial charge in [-0.1, -0.05) is 19.0 Å². The van der Waals surface area contributed by atoms with Crippen LogP contribution in [0.2, 0.25) is 0 Å². The van der Waals surface area contributed by atoms with Gasteiger partial charge in [0.15, 0.2) is 11.8 Å². The van der Waals surface area contributed by atoms with E-state index < -0.39 is 0 Å². The van der Waals surface area contributed by atoms with Crippen LogP contribution in [-0.4, -0.2) is 29.7 Å². The molecular weight excluding hydrogens is 294 g/mol. The number of aryl methyl sites for hydroxylation is 1. The van der Waals surface area contributed by atoms with Crippen molar-refractivity contribution in [3.05, 3.63) is 35.4 Å². The van der Waals surface area contributed by atoms with E-state index in [2.05, 4.69) is 25.8 Å². The van der Waals surface area contributed by atoms with E-state index >= 15 is 0 Å². The molecular formula is C16H25N5O2. The Bertz CT molecular complexity index is 644. The Labute approximate surface area is 136 Å². The van der Waals surface area contributed by atoms with E-state index in [1.165, 1.54) is 0 Å². The molecule has 0 saturated carbocycles. The van der Waals surface area contributed by atoms with Crippen molar-refractivity contribution in [1.82, 2.24) is 20.8 Å². The maximum atomic E-state index is 5.61. The van der Waals surface area contributed by atoms with Crippen LogP contribution in [0.5, 0.6) is 0 Å². The van der Waals surface area contributed by atoms with Crippen LogP contribution < -0.4 is 10.6 Å². The summed E-state index contributed by atoms with van der Waals surface area (Å²) in [7, 11) is 1.74. The van der Waals surface area contributed by atoms with E-state index in [0.29, 0.717) is 24.8 Å². The standard InChI is InChI=1S/C16H25N5O2/c1-10(2)15-20-14(23-21-15)8-9-18-16(17-5)19-12(4)13-7-6-11(3)22-13/h6-7,10,12H,8-9H2,1-5H3,(H2,17,18,19). The summed E-state index contributed by atoms with van der Waals surface area (Å²) in [4.78, 5) is 8.56. The van der Waals surface area contributed by atoms with Crippen LogP contribution in [0.4, 0.5) is 0 Å². The Morgan fingerprint density at radius 1 is 1.30 bits per heavy atom. The zero-order valence-electron chi connectivity index (χ0n) is 14.4. The first-order valence-corrected chi connectivity index (χ1v) is 7.85. The minimum atomic E-state index is 0.0332. The lowest BCUT2D eigenvalue weighted by Crippen LogP contribution is -2.39. The number of rotatable bonds is 6. The lowest BCUT2D eigenvalue weighted by Gasteiger charge is -2.15. The average Bonchev–Trinajstić information content (AvgIpc) is 3.15. The van der Waals surface area contributed by atoms with Crippen molar-refractivity contribution in [3.63, 3.8) is 0 Å². The first-order chi connectivity index (χ1) is 11.0. The highest BCUT2D eigenvalue weighted by molar-refractivity contribution is 5.79. The minimum absolute atomic E-state index is 0.0332. The molecule has 0 fully saturated rings. The highest BCUT2D eigenvalue weighted by Gasteiger charge is 2.12. The molecule has 0 spiro atoms. The summed E-state index contributed by atoms with van der Waals surface area (Å²) >= 11 is 0. The maximum absolute atomic E-state index is 5.61. The number of nitrogens with zero attached hydrogens (tertiary/aromatic N) is 3. The fourth-order valence-electron chi connectivity index (χ4n) is 2.05. The molecule has 0 aliphatic heterocycles. The quantitative estimate of drug-likeness (QED) is 0.628.